The Kier molecular flexibility index (Phi) is 3.83. The molecule has 0 bridgehead atoms. The van der Waals surface area contributed by atoms with E-state index in [2.05, 4.69) is 10.1 Å². The van der Waals surface area contributed by atoms with Crippen LogP contribution in [0.3, 0.4) is 0 Å². The first kappa shape index (κ1) is 15.2. The lowest BCUT2D eigenvalue weighted by Gasteiger charge is -2.07. The second-order valence-electron chi connectivity index (χ2n) is 4.92. The molecule has 1 aromatic carbocycles. The summed E-state index contributed by atoms with van der Waals surface area (Å²) in [5.74, 6) is 0.0857. The molecule has 0 atom stereocenters. The second kappa shape index (κ2) is 5.81. The van der Waals surface area contributed by atoms with E-state index >= 15 is 0 Å². The van der Waals surface area contributed by atoms with Crippen LogP contribution in [0.15, 0.2) is 29.1 Å². The van der Waals surface area contributed by atoms with Gasteiger partial charge in [0.25, 0.3) is 5.56 Å². The number of methoxy groups -OCH3 is 1. The Morgan fingerprint density at radius 3 is 2.65 bits per heavy atom. The van der Waals surface area contributed by atoms with Crippen molar-refractivity contribution in [3.8, 4) is 17.0 Å². The molecule has 23 heavy (non-hydrogen) atoms. The number of amides is 1. The second-order valence-corrected chi connectivity index (χ2v) is 6.12. The number of ether oxygens (including phenoxy) is 1. The molecule has 0 saturated heterocycles. The molecule has 2 aromatic heterocycles. The van der Waals surface area contributed by atoms with Crippen molar-refractivity contribution in [2.45, 2.75) is 13.5 Å². The molecule has 2 heterocycles. The van der Waals surface area contributed by atoms with E-state index in [0.29, 0.717) is 15.9 Å². The summed E-state index contributed by atoms with van der Waals surface area (Å²) in [5, 5.41) is 5.07. The molecular weight excluding hydrogens is 316 g/mol. The van der Waals surface area contributed by atoms with Crippen LogP contribution in [0.5, 0.6) is 5.75 Å². The summed E-state index contributed by atoms with van der Waals surface area (Å²) in [6, 6.07) is 7.30. The standard InChI is InChI=1S/C15H14N4O3S/c1-8-17-13-14(23-8)12(9-3-5-10(22-2)6-4-9)18-19(15(13)21)7-11(16)20/h3-6H,7H2,1-2H3,(H2,16,20). The Bertz CT molecular complexity index is 944. The molecule has 0 saturated carbocycles. The SMILES string of the molecule is COc1ccc(-c2nn(CC(N)=O)c(=O)c3nc(C)sc23)cc1. The average Bonchev–Trinajstić information content (AvgIpc) is 2.92. The zero-order chi connectivity index (χ0) is 16.6. The van der Waals surface area contributed by atoms with E-state index in [4.69, 9.17) is 10.5 Å². The summed E-state index contributed by atoms with van der Waals surface area (Å²) in [6.07, 6.45) is 0. The first-order chi connectivity index (χ1) is 11.0. The molecule has 118 valence electrons. The predicted molar refractivity (Wildman–Crippen MR) is 87.6 cm³/mol. The van der Waals surface area contributed by atoms with Gasteiger partial charge in [0.15, 0.2) is 5.52 Å². The number of fused-ring (bicyclic) bond motifs is 1. The third-order valence-corrected chi connectivity index (χ3v) is 4.25. The lowest BCUT2D eigenvalue weighted by Crippen LogP contribution is -2.30. The minimum Gasteiger partial charge on any atom is -0.497 e. The number of carbonyl (C=O) groups is 1. The van der Waals surface area contributed by atoms with Gasteiger partial charge in [-0.3, -0.25) is 9.59 Å². The Hall–Kier alpha value is -2.74. The Morgan fingerprint density at radius 2 is 2.04 bits per heavy atom. The van der Waals surface area contributed by atoms with Gasteiger partial charge in [0.2, 0.25) is 5.91 Å². The van der Waals surface area contributed by atoms with Crippen LogP contribution in [-0.4, -0.2) is 27.8 Å². The first-order valence-corrected chi connectivity index (χ1v) is 7.62. The van der Waals surface area contributed by atoms with Crippen molar-refractivity contribution in [3.05, 3.63) is 39.6 Å². The zero-order valence-corrected chi connectivity index (χ0v) is 13.4. The summed E-state index contributed by atoms with van der Waals surface area (Å²) in [5.41, 5.74) is 6.48. The Balaban J connectivity index is 2.27. The maximum atomic E-state index is 12.4. The van der Waals surface area contributed by atoms with Crippen molar-refractivity contribution < 1.29 is 9.53 Å². The number of aryl methyl sites for hydroxylation is 1. The molecule has 0 unspecified atom stereocenters. The van der Waals surface area contributed by atoms with Crippen molar-refractivity contribution in [3.63, 3.8) is 0 Å². The van der Waals surface area contributed by atoms with E-state index in [1.165, 1.54) is 11.3 Å². The van der Waals surface area contributed by atoms with Crippen LogP contribution in [0.25, 0.3) is 21.5 Å². The maximum absolute atomic E-state index is 12.4. The van der Waals surface area contributed by atoms with Crippen molar-refractivity contribution in [2.24, 2.45) is 5.73 Å². The van der Waals surface area contributed by atoms with Crippen molar-refractivity contribution >= 4 is 27.5 Å². The highest BCUT2D eigenvalue weighted by molar-refractivity contribution is 7.19. The van der Waals surface area contributed by atoms with Crippen LogP contribution in [0.4, 0.5) is 0 Å². The van der Waals surface area contributed by atoms with E-state index in [-0.39, 0.29) is 6.54 Å². The highest BCUT2D eigenvalue weighted by atomic mass is 32.1. The van der Waals surface area contributed by atoms with Gasteiger partial charge in [-0.1, -0.05) is 0 Å². The van der Waals surface area contributed by atoms with E-state index in [1.807, 2.05) is 19.1 Å². The Morgan fingerprint density at radius 1 is 1.35 bits per heavy atom. The molecule has 3 rings (SSSR count). The van der Waals surface area contributed by atoms with Crippen LogP contribution >= 0.6 is 11.3 Å². The van der Waals surface area contributed by atoms with E-state index in [9.17, 15) is 9.59 Å². The lowest BCUT2D eigenvalue weighted by molar-refractivity contribution is -0.118. The number of hydrogen-bond acceptors (Lipinski definition) is 6. The van der Waals surface area contributed by atoms with Gasteiger partial charge >= 0.3 is 0 Å². The van der Waals surface area contributed by atoms with Gasteiger partial charge in [-0.25, -0.2) is 9.67 Å². The number of thiazole rings is 1. The third-order valence-electron chi connectivity index (χ3n) is 3.28. The van der Waals surface area contributed by atoms with Gasteiger partial charge < -0.3 is 10.5 Å². The summed E-state index contributed by atoms with van der Waals surface area (Å²) in [7, 11) is 1.59. The molecule has 1 amide bonds. The molecule has 2 N–H and O–H groups in total. The van der Waals surface area contributed by atoms with E-state index in [0.717, 1.165) is 21.0 Å². The Labute approximate surface area is 135 Å². The fraction of sp³-hybridized carbons (Fsp3) is 0.200. The molecule has 0 spiro atoms. The van der Waals surface area contributed by atoms with Gasteiger partial charge in [0.1, 0.15) is 18.0 Å². The molecule has 0 aliphatic rings. The average molecular weight is 330 g/mol. The van der Waals surface area contributed by atoms with Crippen LogP contribution in [0.1, 0.15) is 5.01 Å². The van der Waals surface area contributed by atoms with Crippen LogP contribution in [-0.2, 0) is 11.3 Å². The van der Waals surface area contributed by atoms with Crippen LogP contribution in [0, 0.1) is 6.92 Å². The predicted octanol–water partition coefficient (Wildman–Crippen LogP) is 1.32. The number of benzene rings is 1. The van der Waals surface area contributed by atoms with Gasteiger partial charge in [-0.2, -0.15) is 5.10 Å². The highest BCUT2D eigenvalue weighted by Crippen LogP contribution is 2.30. The van der Waals surface area contributed by atoms with Gasteiger partial charge in [0, 0.05) is 5.56 Å². The molecule has 3 aromatic rings. The van der Waals surface area contributed by atoms with Gasteiger partial charge in [-0.15, -0.1) is 11.3 Å². The highest BCUT2D eigenvalue weighted by Gasteiger charge is 2.17. The minimum atomic E-state index is -0.633. The molecule has 0 aliphatic carbocycles. The zero-order valence-electron chi connectivity index (χ0n) is 12.6. The van der Waals surface area contributed by atoms with Crippen molar-refractivity contribution in [1.29, 1.82) is 0 Å². The summed E-state index contributed by atoms with van der Waals surface area (Å²) >= 11 is 1.39. The molecule has 0 fully saturated rings. The molecule has 0 radical (unpaired) electrons. The summed E-state index contributed by atoms with van der Waals surface area (Å²) in [6.45, 7) is 1.54. The topological polar surface area (TPSA) is 100 Å². The number of nitrogens with two attached hydrogens (primary N) is 1. The number of primary amides is 1. The fourth-order valence-electron chi connectivity index (χ4n) is 2.26. The quantitative estimate of drug-likeness (QED) is 0.777. The van der Waals surface area contributed by atoms with Crippen molar-refractivity contribution in [2.75, 3.05) is 7.11 Å². The normalized spacial score (nSPS) is 10.9. The number of nitrogens with zero attached hydrogens (tertiary/aromatic N) is 3. The molecule has 0 aliphatic heterocycles. The summed E-state index contributed by atoms with van der Waals surface area (Å²) < 4.78 is 6.90. The minimum absolute atomic E-state index is 0.283. The molecule has 8 heteroatoms. The lowest BCUT2D eigenvalue weighted by atomic mass is 10.1. The molecular formula is C15H14N4O3S. The smallest absolute Gasteiger partial charge is 0.294 e. The number of rotatable bonds is 4. The number of aromatic nitrogens is 3. The van der Waals surface area contributed by atoms with Gasteiger partial charge in [-0.05, 0) is 31.2 Å². The molecule has 7 nitrogen and oxygen atoms in total. The first-order valence-electron chi connectivity index (χ1n) is 6.80. The van der Waals surface area contributed by atoms with E-state index < -0.39 is 11.5 Å². The van der Waals surface area contributed by atoms with Crippen molar-refractivity contribution in [1.82, 2.24) is 14.8 Å². The maximum Gasteiger partial charge on any atom is 0.294 e. The summed E-state index contributed by atoms with van der Waals surface area (Å²) in [4.78, 5) is 27.8. The van der Waals surface area contributed by atoms with Crippen LogP contribution in [0.2, 0.25) is 0 Å². The third kappa shape index (κ3) is 2.80. The van der Waals surface area contributed by atoms with Gasteiger partial charge in [0.05, 0.1) is 16.8 Å². The fourth-order valence-corrected chi connectivity index (χ4v) is 3.18. The monoisotopic (exact) mass is 330 g/mol. The van der Waals surface area contributed by atoms with Crippen LogP contribution < -0.4 is 16.0 Å². The number of carbonyl (C=O) groups excluding carboxylic acids is 1. The van der Waals surface area contributed by atoms with E-state index in [1.54, 1.807) is 19.2 Å². The number of hydrogen-bond donors (Lipinski definition) is 1. The largest absolute Gasteiger partial charge is 0.497 e.